The summed E-state index contributed by atoms with van der Waals surface area (Å²) in [5, 5.41) is 11.4. The molecule has 90 valence electrons. The average Bonchev–Trinajstić information content (AvgIpc) is 2.74. The molecular formula is C9H8N2O5S. The first-order chi connectivity index (χ1) is 8.10. The fourth-order valence-electron chi connectivity index (χ4n) is 1.15. The molecule has 8 heteroatoms. The predicted molar refractivity (Wildman–Crippen MR) is 59.5 cm³/mol. The highest BCUT2D eigenvalue weighted by molar-refractivity contribution is 7.22. The lowest BCUT2D eigenvalue weighted by molar-refractivity contribution is 0.0664. The topological polar surface area (TPSA) is 102 Å². The number of fused-ring (bicyclic) bond motifs is 1. The molecule has 0 spiro atoms. The number of furan rings is 1. The number of aromatic carboxylic acids is 1. The summed E-state index contributed by atoms with van der Waals surface area (Å²) in [6.07, 6.45) is -0.609. The first kappa shape index (κ1) is 11.4. The van der Waals surface area contributed by atoms with Crippen molar-refractivity contribution in [1.82, 2.24) is 4.98 Å². The maximum atomic E-state index is 11.1. The first-order valence-electron chi connectivity index (χ1n) is 4.67. The zero-order chi connectivity index (χ0) is 12.4. The van der Waals surface area contributed by atoms with E-state index < -0.39 is 12.1 Å². The molecule has 2 rings (SSSR count). The lowest BCUT2D eigenvalue weighted by Gasteiger charge is -1.99. The zero-order valence-corrected chi connectivity index (χ0v) is 9.54. The van der Waals surface area contributed by atoms with Crippen molar-refractivity contribution in [1.29, 1.82) is 0 Å². The minimum atomic E-state index is -1.16. The smallest absolute Gasteiger partial charge is 0.413 e. The van der Waals surface area contributed by atoms with Gasteiger partial charge in [-0.15, -0.1) is 0 Å². The molecule has 0 fully saturated rings. The van der Waals surface area contributed by atoms with Gasteiger partial charge in [0, 0.05) is 6.07 Å². The molecule has 0 bridgehead atoms. The van der Waals surface area contributed by atoms with Crippen molar-refractivity contribution in [2.24, 2.45) is 0 Å². The molecule has 0 aliphatic rings. The van der Waals surface area contributed by atoms with Crippen molar-refractivity contribution < 1.29 is 23.8 Å². The van der Waals surface area contributed by atoms with Gasteiger partial charge in [-0.25, -0.2) is 9.59 Å². The van der Waals surface area contributed by atoms with Crippen LogP contribution >= 0.6 is 11.3 Å². The Morgan fingerprint density at radius 1 is 1.65 bits per heavy atom. The molecule has 0 saturated heterocycles. The molecule has 17 heavy (non-hydrogen) atoms. The molecule has 7 nitrogen and oxygen atoms in total. The molecule has 0 atom stereocenters. The average molecular weight is 256 g/mol. The molecule has 0 radical (unpaired) electrons. The summed E-state index contributed by atoms with van der Waals surface area (Å²) in [5.41, 5.74) is 0.180. The van der Waals surface area contributed by atoms with Crippen molar-refractivity contribution in [3.63, 3.8) is 0 Å². The van der Waals surface area contributed by atoms with E-state index in [0.29, 0.717) is 9.83 Å². The largest absolute Gasteiger partial charge is 0.475 e. The SMILES string of the molecule is CCOC(=O)Nc1nc2oc(C(=O)O)cc2s1. The van der Waals surface area contributed by atoms with E-state index in [1.54, 1.807) is 6.92 Å². The molecule has 0 saturated carbocycles. The number of carbonyl (C=O) groups excluding carboxylic acids is 1. The number of carboxylic acids is 1. The van der Waals surface area contributed by atoms with E-state index in [1.165, 1.54) is 6.07 Å². The van der Waals surface area contributed by atoms with Crippen molar-refractivity contribution in [2.45, 2.75) is 6.92 Å². The summed E-state index contributed by atoms with van der Waals surface area (Å²) >= 11 is 1.11. The van der Waals surface area contributed by atoms with Crippen LogP contribution in [-0.2, 0) is 4.74 Å². The van der Waals surface area contributed by atoms with Crippen LogP contribution in [0.25, 0.3) is 10.4 Å². The van der Waals surface area contributed by atoms with Crippen LogP contribution in [0.1, 0.15) is 17.5 Å². The molecule has 2 aromatic heterocycles. The van der Waals surface area contributed by atoms with E-state index in [1.807, 2.05) is 0 Å². The van der Waals surface area contributed by atoms with E-state index in [-0.39, 0.29) is 18.1 Å². The number of nitrogens with zero attached hydrogens (tertiary/aromatic N) is 1. The van der Waals surface area contributed by atoms with Gasteiger partial charge in [0.2, 0.25) is 11.5 Å². The highest BCUT2D eigenvalue weighted by atomic mass is 32.1. The number of aromatic nitrogens is 1. The van der Waals surface area contributed by atoms with E-state index in [4.69, 9.17) is 9.52 Å². The van der Waals surface area contributed by atoms with Gasteiger partial charge < -0.3 is 14.3 Å². The van der Waals surface area contributed by atoms with Gasteiger partial charge in [-0.2, -0.15) is 4.98 Å². The molecule has 0 aromatic carbocycles. The van der Waals surface area contributed by atoms with Gasteiger partial charge in [0.15, 0.2) is 5.13 Å². The normalized spacial score (nSPS) is 10.4. The monoisotopic (exact) mass is 256 g/mol. The molecule has 1 amide bonds. The van der Waals surface area contributed by atoms with Gasteiger partial charge in [0.25, 0.3) is 0 Å². The molecule has 2 N–H and O–H groups in total. The number of rotatable bonds is 3. The Labute approximate surface area is 99.0 Å². The fraction of sp³-hybridized carbons (Fsp3) is 0.222. The Bertz CT molecular complexity index is 541. The van der Waals surface area contributed by atoms with Crippen LogP contribution in [0.2, 0.25) is 0 Å². The number of amides is 1. The van der Waals surface area contributed by atoms with Gasteiger partial charge in [0.1, 0.15) is 0 Å². The number of thiazole rings is 1. The quantitative estimate of drug-likeness (QED) is 0.872. The van der Waals surface area contributed by atoms with Crippen molar-refractivity contribution in [3.8, 4) is 0 Å². The third-order valence-corrected chi connectivity index (χ3v) is 2.68. The molecule has 2 heterocycles. The highest BCUT2D eigenvalue weighted by Crippen LogP contribution is 2.28. The minimum Gasteiger partial charge on any atom is -0.475 e. The maximum absolute atomic E-state index is 11.1. The van der Waals surface area contributed by atoms with Crippen LogP contribution in [0.3, 0.4) is 0 Å². The van der Waals surface area contributed by atoms with Crippen LogP contribution in [0.15, 0.2) is 10.5 Å². The third-order valence-electron chi connectivity index (χ3n) is 1.78. The lowest BCUT2D eigenvalue weighted by Crippen LogP contribution is -2.12. The highest BCUT2D eigenvalue weighted by Gasteiger charge is 2.15. The molecule has 2 aromatic rings. The summed E-state index contributed by atoms with van der Waals surface area (Å²) in [6.45, 7) is 1.95. The summed E-state index contributed by atoms with van der Waals surface area (Å²) in [4.78, 5) is 25.6. The number of hydrogen-bond donors (Lipinski definition) is 2. The Balaban J connectivity index is 2.19. The third kappa shape index (κ3) is 2.36. The Hall–Kier alpha value is -2.09. The van der Waals surface area contributed by atoms with E-state index in [9.17, 15) is 9.59 Å². The Kier molecular flexibility index (Phi) is 2.96. The van der Waals surface area contributed by atoms with E-state index in [2.05, 4.69) is 15.0 Å². The zero-order valence-electron chi connectivity index (χ0n) is 8.72. The molecular weight excluding hydrogens is 248 g/mol. The van der Waals surface area contributed by atoms with Gasteiger partial charge in [-0.05, 0) is 6.92 Å². The van der Waals surface area contributed by atoms with Crippen LogP contribution in [0, 0.1) is 0 Å². The van der Waals surface area contributed by atoms with Crippen LogP contribution < -0.4 is 5.32 Å². The number of carboxylic acid groups (broad SMARTS) is 1. The van der Waals surface area contributed by atoms with Gasteiger partial charge in [-0.1, -0.05) is 11.3 Å². The van der Waals surface area contributed by atoms with Crippen LogP contribution in [-0.4, -0.2) is 28.8 Å². The number of hydrogen-bond acceptors (Lipinski definition) is 6. The lowest BCUT2D eigenvalue weighted by atomic mass is 10.5. The standard InChI is InChI=1S/C9H8N2O5S/c1-2-15-9(14)11-8-10-6-5(17-8)3-4(16-6)7(12)13/h3H,2H2,1H3,(H,12,13)(H,10,11,14). The second-order valence-corrected chi connectivity index (χ2v) is 3.98. The molecule has 0 unspecified atom stereocenters. The van der Waals surface area contributed by atoms with E-state index >= 15 is 0 Å². The number of ether oxygens (including phenoxy) is 1. The first-order valence-corrected chi connectivity index (χ1v) is 5.49. The maximum Gasteiger partial charge on any atom is 0.413 e. The van der Waals surface area contributed by atoms with Crippen molar-refractivity contribution in [2.75, 3.05) is 11.9 Å². The number of nitrogens with one attached hydrogen (secondary N) is 1. The summed E-state index contributed by atoms with van der Waals surface area (Å²) in [6, 6.07) is 1.35. The van der Waals surface area contributed by atoms with Crippen molar-refractivity contribution >= 4 is 38.9 Å². The van der Waals surface area contributed by atoms with Crippen LogP contribution in [0.4, 0.5) is 9.93 Å². The summed E-state index contributed by atoms with van der Waals surface area (Å²) < 4.78 is 10.2. The number of anilines is 1. The van der Waals surface area contributed by atoms with Crippen molar-refractivity contribution in [3.05, 3.63) is 11.8 Å². The van der Waals surface area contributed by atoms with Gasteiger partial charge in [-0.3, -0.25) is 5.32 Å². The minimum absolute atomic E-state index is 0.179. The second-order valence-electron chi connectivity index (χ2n) is 2.95. The van der Waals surface area contributed by atoms with Gasteiger partial charge in [0.05, 0.1) is 11.3 Å². The second kappa shape index (κ2) is 4.42. The van der Waals surface area contributed by atoms with E-state index in [0.717, 1.165) is 11.3 Å². The molecule has 0 aliphatic carbocycles. The number of carbonyl (C=O) groups is 2. The van der Waals surface area contributed by atoms with Gasteiger partial charge >= 0.3 is 12.1 Å². The summed E-state index contributed by atoms with van der Waals surface area (Å²) in [5.74, 6) is -1.34. The Morgan fingerprint density at radius 2 is 2.41 bits per heavy atom. The summed E-state index contributed by atoms with van der Waals surface area (Å²) in [7, 11) is 0. The molecule has 0 aliphatic heterocycles. The van der Waals surface area contributed by atoms with Crippen LogP contribution in [0.5, 0.6) is 0 Å². The fourth-order valence-corrected chi connectivity index (χ4v) is 1.96. The predicted octanol–water partition coefficient (Wildman–Crippen LogP) is 2.16. The Morgan fingerprint density at radius 3 is 3.00 bits per heavy atom.